The van der Waals surface area contributed by atoms with Crippen LogP contribution in [0.3, 0.4) is 0 Å². The summed E-state index contributed by atoms with van der Waals surface area (Å²) >= 11 is 0. The lowest BCUT2D eigenvalue weighted by Gasteiger charge is -2.42. The molecule has 1 saturated heterocycles. The summed E-state index contributed by atoms with van der Waals surface area (Å²) in [5, 5.41) is 5.87. The number of ether oxygens (including phenoxy) is 2. The van der Waals surface area contributed by atoms with E-state index in [0.29, 0.717) is 55.3 Å². The molecule has 35 heavy (non-hydrogen) atoms. The van der Waals surface area contributed by atoms with Gasteiger partial charge in [-0.2, -0.15) is 0 Å². The Morgan fingerprint density at radius 3 is 2.60 bits per heavy atom. The molecule has 1 aromatic rings. The van der Waals surface area contributed by atoms with E-state index in [1.54, 1.807) is 27.1 Å². The summed E-state index contributed by atoms with van der Waals surface area (Å²) in [6, 6.07) is 6.22. The van der Waals surface area contributed by atoms with Gasteiger partial charge in [-0.25, -0.2) is 14.4 Å². The molecule has 10 nitrogen and oxygen atoms in total. The summed E-state index contributed by atoms with van der Waals surface area (Å²) in [4.78, 5) is 44.1. The van der Waals surface area contributed by atoms with E-state index in [1.165, 1.54) is 4.90 Å². The number of carbonyl (C=O) groups is 3. The Morgan fingerprint density at radius 2 is 1.94 bits per heavy atom. The molecule has 4 amide bonds. The molecule has 0 aliphatic carbocycles. The van der Waals surface area contributed by atoms with Gasteiger partial charge in [-0.15, -0.1) is 0 Å². The highest BCUT2D eigenvalue weighted by atomic mass is 16.5. The van der Waals surface area contributed by atoms with Gasteiger partial charge >= 0.3 is 18.0 Å². The molecule has 1 aromatic carbocycles. The lowest BCUT2D eigenvalue weighted by molar-refractivity contribution is -0.139. The van der Waals surface area contributed by atoms with Crippen LogP contribution in [-0.4, -0.2) is 92.3 Å². The molecule has 2 unspecified atom stereocenters. The van der Waals surface area contributed by atoms with E-state index < -0.39 is 12.0 Å². The van der Waals surface area contributed by atoms with Gasteiger partial charge < -0.3 is 25.0 Å². The van der Waals surface area contributed by atoms with Crippen LogP contribution in [0.25, 0.3) is 0 Å². The quantitative estimate of drug-likeness (QED) is 0.546. The largest absolute Gasteiger partial charge is 0.496 e. The smallest absolute Gasteiger partial charge is 0.338 e. The van der Waals surface area contributed by atoms with Crippen molar-refractivity contribution in [3.63, 3.8) is 0 Å². The number of urea groups is 2. The Balaban J connectivity index is 1.92. The number of hydrogen-bond donors (Lipinski definition) is 2. The fourth-order valence-corrected chi connectivity index (χ4v) is 4.56. The van der Waals surface area contributed by atoms with Gasteiger partial charge in [0.2, 0.25) is 0 Å². The van der Waals surface area contributed by atoms with Crippen LogP contribution in [0.1, 0.15) is 38.8 Å². The summed E-state index contributed by atoms with van der Waals surface area (Å²) in [6.07, 6.45) is 0.882. The minimum absolute atomic E-state index is 0.0139. The van der Waals surface area contributed by atoms with Crippen molar-refractivity contribution in [1.29, 1.82) is 0 Å². The van der Waals surface area contributed by atoms with E-state index in [9.17, 15) is 14.4 Å². The third kappa shape index (κ3) is 5.87. The number of piperazine rings is 1. The second-order valence-corrected chi connectivity index (χ2v) is 8.77. The zero-order valence-electron chi connectivity index (χ0n) is 21.3. The third-order valence-electron chi connectivity index (χ3n) is 6.39. The summed E-state index contributed by atoms with van der Waals surface area (Å²) in [5.41, 5.74) is 1.65. The van der Waals surface area contributed by atoms with Crippen molar-refractivity contribution in [2.24, 2.45) is 0 Å². The number of rotatable bonds is 8. The van der Waals surface area contributed by atoms with Gasteiger partial charge in [-0.3, -0.25) is 9.80 Å². The molecule has 2 heterocycles. The number of methoxy groups -OCH3 is 1. The number of carbonyl (C=O) groups excluding carboxylic acids is 3. The fourth-order valence-electron chi connectivity index (χ4n) is 4.56. The maximum absolute atomic E-state index is 13.2. The summed E-state index contributed by atoms with van der Waals surface area (Å²) < 4.78 is 10.9. The number of likely N-dealkylation sites (N-methyl/N-ethyl adjacent to an activating group) is 1. The first-order valence-electron chi connectivity index (χ1n) is 12.2. The molecular weight excluding hydrogens is 450 g/mol. The SMILES string of the molecule is CCCNC(=O)N1CCN(CC2=C(C(=O)OCC)C(c3ccccc3OC)NC(=O)N2C)CC1C. The van der Waals surface area contributed by atoms with Crippen LogP contribution in [0.5, 0.6) is 5.75 Å². The highest BCUT2D eigenvalue weighted by molar-refractivity contribution is 5.95. The van der Waals surface area contributed by atoms with Crippen molar-refractivity contribution in [3.05, 3.63) is 41.1 Å². The van der Waals surface area contributed by atoms with E-state index >= 15 is 0 Å². The van der Waals surface area contributed by atoms with Crippen LogP contribution in [0.2, 0.25) is 0 Å². The molecule has 3 rings (SSSR count). The van der Waals surface area contributed by atoms with Crippen molar-refractivity contribution in [1.82, 2.24) is 25.3 Å². The standard InChI is InChI=1S/C25H37N5O5/c1-6-12-26-24(32)30-14-13-29(15-17(30)3)16-19-21(23(31)35-7-2)22(27-25(33)28(19)4)18-10-8-9-11-20(18)34-5/h8-11,17,22H,6-7,12-16H2,1-5H3,(H,26,32)(H,27,33). The molecule has 192 valence electrons. The molecule has 0 radical (unpaired) electrons. The van der Waals surface area contributed by atoms with E-state index in [4.69, 9.17) is 9.47 Å². The average Bonchev–Trinajstić information content (AvgIpc) is 2.85. The number of hydrogen-bond acceptors (Lipinski definition) is 6. The monoisotopic (exact) mass is 487 g/mol. The fraction of sp³-hybridized carbons (Fsp3) is 0.560. The summed E-state index contributed by atoms with van der Waals surface area (Å²) in [6.45, 7) is 8.82. The van der Waals surface area contributed by atoms with Crippen LogP contribution in [-0.2, 0) is 9.53 Å². The molecule has 0 bridgehead atoms. The number of amides is 4. The Morgan fingerprint density at radius 1 is 1.20 bits per heavy atom. The van der Waals surface area contributed by atoms with E-state index in [1.807, 2.05) is 36.9 Å². The topological polar surface area (TPSA) is 103 Å². The zero-order chi connectivity index (χ0) is 25.5. The van der Waals surface area contributed by atoms with Crippen molar-refractivity contribution >= 4 is 18.0 Å². The third-order valence-corrected chi connectivity index (χ3v) is 6.39. The molecule has 0 saturated carbocycles. The van der Waals surface area contributed by atoms with Gasteiger partial charge in [0.1, 0.15) is 5.75 Å². The zero-order valence-corrected chi connectivity index (χ0v) is 21.3. The van der Waals surface area contributed by atoms with Crippen molar-refractivity contribution in [3.8, 4) is 5.75 Å². The maximum Gasteiger partial charge on any atom is 0.338 e. The number of nitrogens with zero attached hydrogens (tertiary/aromatic N) is 3. The molecule has 0 spiro atoms. The Kier molecular flexibility index (Phi) is 8.97. The number of benzene rings is 1. The van der Waals surface area contributed by atoms with Crippen LogP contribution in [0, 0.1) is 0 Å². The first kappa shape index (κ1) is 26.3. The van der Waals surface area contributed by atoms with Crippen LogP contribution in [0.15, 0.2) is 35.5 Å². The van der Waals surface area contributed by atoms with E-state index in [0.717, 1.165) is 6.42 Å². The first-order valence-corrected chi connectivity index (χ1v) is 12.2. The van der Waals surface area contributed by atoms with Gasteiger partial charge in [0.05, 0.1) is 25.3 Å². The number of esters is 1. The van der Waals surface area contributed by atoms with Crippen LogP contribution in [0.4, 0.5) is 9.59 Å². The Hall–Kier alpha value is -3.27. The molecule has 2 N–H and O–H groups in total. The van der Waals surface area contributed by atoms with Crippen molar-refractivity contribution in [2.45, 2.75) is 39.3 Å². The van der Waals surface area contributed by atoms with Gasteiger partial charge in [-0.1, -0.05) is 25.1 Å². The summed E-state index contributed by atoms with van der Waals surface area (Å²) in [5.74, 6) is 0.0970. The lowest BCUT2D eigenvalue weighted by Crippen LogP contribution is -2.58. The predicted molar refractivity (Wildman–Crippen MR) is 132 cm³/mol. The van der Waals surface area contributed by atoms with Crippen molar-refractivity contribution < 1.29 is 23.9 Å². The minimum Gasteiger partial charge on any atom is -0.496 e. The van der Waals surface area contributed by atoms with Crippen LogP contribution < -0.4 is 15.4 Å². The molecule has 2 aliphatic heterocycles. The second kappa shape index (κ2) is 11.9. The van der Waals surface area contributed by atoms with Gasteiger partial charge in [0.15, 0.2) is 0 Å². The molecule has 10 heteroatoms. The lowest BCUT2D eigenvalue weighted by atomic mass is 9.93. The highest BCUT2D eigenvalue weighted by Crippen LogP contribution is 2.36. The first-order chi connectivity index (χ1) is 16.8. The average molecular weight is 488 g/mol. The summed E-state index contributed by atoms with van der Waals surface area (Å²) in [7, 11) is 3.21. The van der Waals surface area contributed by atoms with Crippen LogP contribution >= 0.6 is 0 Å². The molecular formula is C25H37N5O5. The number of para-hydroxylation sites is 1. The normalized spacial score (nSPS) is 21.0. The van der Waals surface area contributed by atoms with E-state index in [-0.39, 0.29) is 24.7 Å². The Labute approximate surface area is 207 Å². The molecule has 2 aliphatic rings. The number of nitrogens with one attached hydrogen (secondary N) is 2. The van der Waals surface area contributed by atoms with Gasteiger partial charge in [0.25, 0.3) is 0 Å². The second-order valence-electron chi connectivity index (χ2n) is 8.77. The maximum atomic E-state index is 13.2. The van der Waals surface area contributed by atoms with Gasteiger partial charge in [0, 0.05) is 57.1 Å². The van der Waals surface area contributed by atoms with Gasteiger partial charge in [-0.05, 0) is 26.3 Å². The minimum atomic E-state index is -0.706. The molecule has 0 aromatic heterocycles. The highest BCUT2D eigenvalue weighted by Gasteiger charge is 2.39. The molecule has 1 fully saturated rings. The predicted octanol–water partition coefficient (Wildman–Crippen LogP) is 2.33. The Bertz CT molecular complexity index is 965. The van der Waals surface area contributed by atoms with E-state index in [2.05, 4.69) is 15.5 Å². The molecule has 2 atom stereocenters. The van der Waals surface area contributed by atoms with Crippen molar-refractivity contribution in [2.75, 3.05) is 53.5 Å².